The van der Waals surface area contributed by atoms with Gasteiger partial charge in [0.1, 0.15) is 6.42 Å². The summed E-state index contributed by atoms with van der Waals surface area (Å²) < 4.78 is 4.89. The maximum Gasteiger partial charge on any atom is 0.236 e. The number of benzene rings is 1. The lowest BCUT2D eigenvalue weighted by Gasteiger charge is -2.12. The molecule has 6 nitrogen and oxygen atoms in total. The monoisotopic (exact) mass is 260 g/mol. The molecule has 19 heavy (non-hydrogen) atoms. The molecule has 0 aliphatic heterocycles. The number of nitrogens with one attached hydrogen (secondary N) is 1. The van der Waals surface area contributed by atoms with Gasteiger partial charge >= 0.3 is 0 Å². The Kier molecular flexibility index (Phi) is 3.79. The van der Waals surface area contributed by atoms with Crippen molar-refractivity contribution in [2.75, 3.05) is 24.3 Å². The van der Waals surface area contributed by atoms with Gasteiger partial charge in [0.25, 0.3) is 0 Å². The van der Waals surface area contributed by atoms with Crippen molar-refractivity contribution in [2.45, 2.75) is 13.3 Å². The summed E-state index contributed by atoms with van der Waals surface area (Å²) >= 11 is 0. The second-order valence-corrected chi connectivity index (χ2v) is 4.40. The van der Waals surface area contributed by atoms with Gasteiger partial charge in [0.15, 0.2) is 5.82 Å². The van der Waals surface area contributed by atoms with E-state index in [2.05, 4.69) is 15.5 Å². The highest BCUT2D eigenvalue weighted by molar-refractivity contribution is 5.91. The van der Waals surface area contributed by atoms with Crippen LogP contribution in [0.2, 0.25) is 0 Å². The highest BCUT2D eigenvalue weighted by Crippen LogP contribution is 2.15. The van der Waals surface area contributed by atoms with Crippen LogP contribution in [0.15, 0.2) is 28.8 Å². The summed E-state index contributed by atoms with van der Waals surface area (Å²) in [6, 6.07) is 7.58. The molecule has 1 heterocycles. The fourth-order valence-corrected chi connectivity index (χ4v) is 1.60. The van der Waals surface area contributed by atoms with Gasteiger partial charge in [0.2, 0.25) is 11.8 Å². The number of carbonyl (C=O) groups excluding carboxylic acids is 1. The van der Waals surface area contributed by atoms with E-state index < -0.39 is 0 Å². The molecule has 1 aromatic heterocycles. The molecule has 0 atom stereocenters. The minimum Gasteiger partial charge on any atom is -0.378 e. The highest BCUT2D eigenvalue weighted by Gasteiger charge is 2.09. The van der Waals surface area contributed by atoms with Crippen LogP contribution in [-0.2, 0) is 11.2 Å². The van der Waals surface area contributed by atoms with E-state index in [-0.39, 0.29) is 12.3 Å². The fraction of sp³-hybridized carbons (Fsp3) is 0.308. The molecular formula is C13H16N4O2. The summed E-state index contributed by atoms with van der Waals surface area (Å²) in [5.74, 6) is 0.666. The van der Waals surface area contributed by atoms with Crippen LogP contribution in [0.5, 0.6) is 0 Å². The molecule has 1 amide bonds. The first-order chi connectivity index (χ1) is 9.04. The lowest BCUT2D eigenvalue weighted by molar-refractivity contribution is -0.115. The molecule has 100 valence electrons. The summed E-state index contributed by atoms with van der Waals surface area (Å²) in [5.41, 5.74) is 1.82. The van der Waals surface area contributed by atoms with Gasteiger partial charge in [-0.15, -0.1) is 0 Å². The van der Waals surface area contributed by atoms with E-state index in [0.29, 0.717) is 11.7 Å². The van der Waals surface area contributed by atoms with Gasteiger partial charge in [0.05, 0.1) is 0 Å². The summed E-state index contributed by atoms with van der Waals surface area (Å²) in [5, 5.41) is 6.42. The van der Waals surface area contributed by atoms with Crippen LogP contribution in [0.1, 0.15) is 11.7 Å². The molecule has 0 saturated carbocycles. The smallest absolute Gasteiger partial charge is 0.236 e. The van der Waals surface area contributed by atoms with Crippen molar-refractivity contribution in [1.29, 1.82) is 0 Å². The minimum atomic E-state index is -0.179. The molecule has 1 N–H and O–H groups in total. The number of amides is 1. The third-order valence-electron chi connectivity index (χ3n) is 2.55. The second kappa shape index (κ2) is 5.51. The topological polar surface area (TPSA) is 71.3 Å². The predicted molar refractivity (Wildman–Crippen MR) is 72.1 cm³/mol. The quantitative estimate of drug-likeness (QED) is 0.904. The van der Waals surface area contributed by atoms with Gasteiger partial charge in [0, 0.05) is 25.5 Å². The normalized spacial score (nSPS) is 10.3. The maximum atomic E-state index is 11.8. The Hall–Kier alpha value is -2.37. The van der Waals surface area contributed by atoms with Crippen molar-refractivity contribution in [3.63, 3.8) is 0 Å². The number of hydrogen-bond acceptors (Lipinski definition) is 5. The van der Waals surface area contributed by atoms with Gasteiger partial charge in [-0.2, -0.15) is 4.98 Å². The van der Waals surface area contributed by atoms with Crippen molar-refractivity contribution < 1.29 is 9.32 Å². The van der Waals surface area contributed by atoms with Crippen LogP contribution >= 0.6 is 0 Å². The Morgan fingerprint density at radius 3 is 2.53 bits per heavy atom. The molecule has 0 bridgehead atoms. The third kappa shape index (κ3) is 3.54. The van der Waals surface area contributed by atoms with Gasteiger partial charge in [-0.3, -0.25) is 4.79 Å². The summed E-state index contributed by atoms with van der Waals surface area (Å²) in [6.07, 6.45) is 0.0796. The number of anilines is 2. The van der Waals surface area contributed by atoms with Gasteiger partial charge < -0.3 is 14.7 Å². The van der Waals surface area contributed by atoms with Crippen LogP contribution < -0.4 is 10.2 Å². The molecule has 0 spiro atoms. The van der Waals surface area contributed by atoms with E-state index in [0.717, 1.165) is 11.4 Å². The lowest BCUT2D eigenvalue weighted by Crippen LogP contribution is -2.15. The summed E-state index contributed by atoms with van der Waals surface area (Å²) in [4.78, 5) is 17.7. The molecule has 2 aromatic rings. The molecule has 0 aliphatic carbocycles. The maximum absolute atomic E-state index is 11.8. The van der Waals surface area contributed by atoms with Crippen molar-refractivity contribution in [1.82, 2.24) is 10.1 Å². The van der Waals surface area contributed by atoms with Crippen LogP contribution in [-0.4, -0.2) is 30.1 Å². The van der Waals surface area contributed by atoms with Crippen LogP contribution in [0.4, 0.5) is 11.4 Å². The Morgan fingerprint density at radius 1 is 1.32 bits per heavy atom. The molecule has 0 radical (unpaired) electrons. The Bertz CT molecular complexity index is 560. The minimum absolute atomic E-state index is 0.0796. The van der Waals surface area contributed by atoms with Crippen LogP contribution in [0.3, 0.4) is 0 Å². The van der Waals surface area contributed by atoms with Gasteiger partial charge in [-0.25, -0.2) is 0 Å². The highest BCUT2D eigenvalue weighted by atomic mass is 16.5. The molecule has 1 aromatic carbocycles. The van der Waals surface area contributed by atoms with Crippen molar-refractivity contribution >= 4 is 17.3 Å². The standard InChI is InChI=1S/C13H16N4O2/c1-9-14-13(19-16-9)8-12(18)15-10-4-6-11(7-5-10)17(2)3/h4-7H,8H2,1-3H3,(H,15,18). The molecule has 0 fully saturated rings. The average Bonchev–Trinajstić information content (AvgIpc) is 2.75. The number of hydrogen-bond donors (Lipinski definition) is 1. The molecule has 0 saturated heterocycles. The zero-order chi connectivity index (χ0) is 13.8. The molecule has 2 rings (SSSR count). The second-order valence-electron chi connectivity index (χ2n) is 4.40. The predicted octanol–water partition coefficient (Wildman–Crippen LogP) is 1.63. The van der Waals surface area contributed by atoms with E-state index in [1.54, 1.807) is 6.92 Å². The van der Waals surface area contributed by atoms with Crippen molar-refractivity contribution in [3.05, 3.63) is 36.0 Å². The Labute approximate surface area is 111 Å². The van der Waals surface area contributed by atoms with E-state index in [1.165, 1.54) is 0 Å². The van der Waals surface area contributed by atoms with E-state index in [9.17, 15) is 4.79 Å². The third-order valence-corrected chi connectivity index (χ3v) is 2.55. The molecular weight excluding hydrogens is 244 g/mol. The first-order valence-electron chi connectivity index (χ1n) is 5.91. The average molecular weight is 260 g/mol. The zero-order valence-corrected chi connectivity index (χ0v) is 11.2. The Balaban J connectivity index is 1.95. The molecule has 0 aliphatic rings. The number of aryl methyl sites for hydroxylation is 1. The first-order valence-corrected chi connectivity index (χ1v) is 5.91. The molecule has 0 unspecified atom stereocenters. The lowest BCUT2D eigenvalue weighted by atomic mass is 10.2. The summed E-state index contributed by atoms with van der Waals surface area (Å²) in [6.45, 7) is 1.71. The number of rotatable bonds is 4. The Morgan fingerprint density at radius 2 is 2.00 bits per heavy atom. The van der Waals surface area contributed by atoms with Crippen LogP contribution in [0.25, 0.3) is 0 Å². The number of nitrogens with zero attached hydrogens (tertiary/aromatic N) is 3. The largest absolute Gasteiger partial charge is 0.378 e. The fourth-order valence-electron chi connectivity index (χ4n) is 1.60. The number of aromatic nitrogens is 2. The zero-order valence-electron chi connectivity index (χ0n) is 11.2. The van der Waals surface area contributed by atoms with Crippen molar-refractivity contribution in [3.8, 4) is 0 Å². The van der Waals surface area contributed by atoms with Gasteiger partial charge in [-0.05, 0) is 31.2 Å². The van der Waals surface area contributed by atoms with Crippen molar-refractivity contribution in [2.24, 2.45) is 0 Å². The first kappa shape index (κ1) is 13.1. The van der Waals surface area contributed by atoms with Crippen LogP contribution in [0, 0.1) is 6.92 Å². The SMILES string of the molecule is Cc1noc(CC(=O)Nc2ccc(N(C)C)cc2)n1. The molecule has 6 heteroatoms. The summed E-state index contributed by atoms with van der Waals surface area (Å²) in [7, 11) is 3.93. The number of carbonyl (C=O) groups is 1. The van der Waals surface area contributed by atoms with E-state index >= 15 is 0 Å². The van der Waals surface area contributed by atoms with E-state index in [4.69, 9.17) is 4.52 Å². The van der Waals surface area contributed by atoms with Gasteiger partial charge in [-0.1, -0.05) is 5.16 Å². The van der Waals surface area contributed by atoms with E-state index in [1.807, 2.05) is 43.3 Å².